The highest BCUT2D eigenvalue weighted by Crippen LogP contribution is 2.14. The van der Waals surface area contributed by atoms with Crippen LogP contribution in [0.5, 0.6) is 0 Å². The molecule has 1 aromatic rings. The Balaban J connectivity index is 2.45. The van der Waals surface area contributed by atoms with Crippen molar-refractivity contribution in [2.75, 3.05) is 18.1 Å². The molecule has 0 aliphatic rings. The third-order valence-electron chi connectivity index (χ3n) is 2.53. The Bertz CT molecular complexity index is 518. The van der Waals surface area contributed by atoms with Gasteiger partial charge in [0.15, 0.2) is 9.84 Å². The van der Waals surface area contributed by atoms with Crippen molar-refractivity contribution in [3.8, 4) is 0 Å². The minimum Gasteiger partial charge on any atom is -0.478 e. The van der Waals surface area contributed by atoms with Gasteiger partial charge in [-0.05, 0) is 13.0 Å². The highest BCUT2D eigenvalue weighted by atomic mass is 32.2. The number of aromatic carboxylic acids is 1. The van der Waals surface area contributed by atoms with E-state index in [1.54, 1.807) is 13.8 Å². The second kappa shape index (κ2) is 6.01. The van der Waals surface area contributed by atoms with Gasteiger partial charge in [0, 0.05) is 12.3 Å². The van der Waals surface area contributed by atoms with Crippen molar-refractivity contribution in [2.24, 2.45) is 0 Å². The monoisotopic (exact) mass is 275 g/mol. The second-order valence-corrected chi connectivity index (χ2v) is 6.37. The SMILES string of the molecule is CCS(=O)(=O)CCNCc1cc(C(=O)O)c(C)o1. The molecule has 0 fully saturated rings. The van der Waals surface area contributed by atoms with Crippen LogP contribution in [0.15, 0.2) is 10.5 Å². The van der Waals surface area contributed by atoms with Gasteiger partial charge in [-0.25, -0.2) is 13.2 Å². The summed E-state index contributed by atoms with van der Waals surface area (Å²) in [5.74, 6) is -0.0116. The number of furan rings is 1. The van der Waals surface area contributed by atoms with Gasteiger partial charge in [0.2, 0.25) is 0 Å². The number of sulfone groups is 1. The Morgan fingerprint density at radius 2 is 2.17 bits per heavy atom. The van der Waals surface area contributed by atoms with Gasteiger partial charge in [-0.2, -0.15) is 0 Å². The molecule has 0 radical (unpaired) electrons. The van der Waals surface area contributed by atoms with Gasteiger partial charge in [-0.1, -0.05) is 6.92 Å². The summed E-state index contributed by atoms with van der Waals surface area (Å²) in [5.41, 5.74) is 0.132. The highest BCUT2D eigenvalue weighted by molar-refractivity contribution is 7.91. The van der Waals surface area contributed by atoms with Crippen molar-refractivity contribution in [1.29, 1.82) is 0 Å². The minimum absolute atomic E-state index is 0.0645. The number of hydrogen-bond donors (Lipinski definition) is 2. The van der Waals surface area contributed by atoms with E-state index in [2.05, 4.69) is 5.32 Å². The maximum absolute atomic E-state index is 11.2. The fourth-order valence-electron chi connectivity index (χ4n) is 1.43. The van der Waals surface area contributed by atoms with Gasteiger partial charge >= 0.3 is 5.97 Å². The number of carbonyl (C=O) groups is 1. The number of carboxylic acids is 1. The number of carboxylic acid groups (broad SMARTS) is 1. The van der Waals surface area contributed by atoms with Gasteiger partial charge in [0.25, 0.3) is 0 Å². The van der Waals surface area contributed by atoms with Crippen molar-refractivity contribution in [3.63, 3.8) is 0 Å². The van der Waals surface area contributed by atoms with Crippen LogP contribution in [0.1, 0.15) is 28.8 Å². The third kappa shape index (κ3) is 4.15. The number of nitrogens with one attached hydrogen (secondary N) is 1. The predicted molar refractivity (Wildman–Crippen MR) is 66.4 cm³/mol. The Morgan fingerprint density at radius 3 is 2.67 bits per heavy atom. The molecule has 0 aromatic carbocycles. The van der Waals surface area contributed by atoms with E-state index in [1.807, 2.05) is 0 Å². The summed E-state index contributed by atoms with van der Waals surface area (Å²) in [5, 5.41) is 11.7. The van der Waals surface area contributed by atoms with Crippen LogP contribution in [0.3, 0.4) is 0 Å². The summed E-state index contributed by atoms with van der Waals surface area (Å²) in [4.78, 5) is 10.8. The molecule has 18 heavy (non-hydrogen) atoms. The van der Waals surface area contributed by atoms with Gasteiger partial charge in [0.05, 0.1) is 12.3 Å². The zero-order chi connectivity index (χ0) is 13.8. The molecule has 0 unspecified atom stereocenters. The number of hydrogen-bond acceptors (Lipinski definition) is 5. The first-order valence-corrected chi connectivity index (χ1v) is 7.41. The van der Waals surface area contributed by atoms with E-state index in [9.17, 15) is 13.2 Å². The molecule has 0 aliphatic heterocycles. The molecule has 0 bridgehead atoms. The van der Waals surface area contributed by atoms with E-state index in [4.69, 9.17) is 9.52 Å². The summed E-state index contributed by atoms with van der Waals surface area (Å²) in [6.45, 7) is 3.81. The van der Waals surface area contributed by atoms with Crippen molar-refractivity contribution < 1.29 is 22.7 Å². The molecule has 1 aromatic heterocycles. The fraction of sp³-hybridized carbons (Fsp3) is 0.545. The maximum atomic E-state index is 11.2. The lowest BCUT2D eigenvalue weighted by molar-refractivity contribution is 0.0695. The van der Waals surface area contributed by atoms with E-state index in [0.717, 1.165) is 0 Å². The first-order chi connectivity index (χ1) is 8.35. The van der Waals surface area contributed by atoms with Gasteiger partial charge in [-0.15, -0.1) is 0 Å². The van der Waals surface area contributed by atoms with Crippen molar-refractivity contribution in [2.45, 2.75) is 20.4 Å². The van der Waals surface area contributed by atoms with E-state index < -0.39 is 15.8 Å². The molecule has 0 aliphatic carbocycles. The van der Waals surface area contributed by atoms with Crippen molar-refractivity contribution in [1.82, 2.24) is 5.32 Å². The molecule has 1 heterocycles. The maximum Gasteiger partial charge on any atom is 0.339 e. The number of aryl methyl sites for hydroxylation is 1. The Hall–Kier alpha value is -1.34. The second-order valence-electron chi connectivity index (χ2n) is 3.90. The van der Waals surface area contributed by atoms with Crippen LogP contribution < -0.4 is 5.32 Å². The van der Waals surface area contributed by atoms with Crippen LogP contribution in [0.4, 0.5) is 0 Å². The average molecular weight is 275 g/mol. The topological polar surface area (TPSA) is 96.6 Å². The largest absolute Gasteiger partial charge is 0.478 e. The van der Waals surface area contributed by atoms with Crippen LogP contribution in [-0.4, -0.2) is 37.5 Å². The summed E-state index contributed by atoms with van der Waals surface area (Å²) >= 11 is 0. The predicted octanol–water partition coefficient (Wildman–Crippen LogP) is 0.811. The minimum atomic E-state index is -2.98. The molecule has 102 valence electrons. The summed E-state index contributed by atoms with van der Waals surface area (Å²) in [6.07, 6.45) is 0. The zero-order valence-electron chi connectivity index (χ0n) is 10.4. The van der Waals surface area contributed by atoms with E-state index in [-0.39, 0.29) is 17.1 Å². The molecular weight excluding hydrogens is 258 g/mol. The molecule has 0 saturated carbocycles. The molecule has 0 amide bonds. The van der Waals surface area contributed by atoms with Gasteiger partial charge < -0.3 is 14.8 Å². The molecular formula is C11H17NO5S. The molecule has 0 spiro atoms. The molecule has 0 saturated heterocycles. The van der Waals surface area contributed by atoms with Gasteiger partial charge in [-0.3, -0.25) is 0 Å². The van der Waals surface area contributed by atoms with Crippen LogP contribution in [0.2, 0.25) is 0 Å². The summed E-state index contributed by atoms with van der Waals surface area (Å²) in [6, 6.07) is 1.44. The van der Waals surface area contributed by atoms with E-state index in [1.165, 1.54) is 6.07 Å². The summed E-state index contributed by atoms with van der Waals surface area (Å²) < 4.78 is 27.7. The Labute approximate surface area is 106 Å². The molecule has 2 N–H and O–H groups in total. The van der Waals surface area contributed by atoms with Crippen LogP contribution in [0.25, 0.3) is 0 Å². The average Bonchev–Trinajstić information content (AvgIpc) is 2.66. The van der Waals surface area contributed by atoms with E-state index >= 15 is 0 Å². The van der Waals surface area contributed by atoms with Crippen LogP contribution >= 0.6 is 0 Å². The third-order valence-corrected chi connectivity index (χ3v) is 4.23. The molecule has 0 atom stereocenters. The van der Waals surface area contributed by atoms with Gasteiger partial charge in [0.1, 0.15) is 17.1 Å². The first-order valence-electron chi connectivity index (χ1n) is 5.59. The molecule has 1 rings (SSSR count). The number of rotatable bonds is 7. The zero-order valence-corrected chi connectivity index (χ0v) is 11.2. The molecule has 6 nitrogen and oxygen atoms in total. The first kappa shape index (κ1) is 14.7. The lowest BCUT2D eigenvalue weighted by Gasteiger charge is -2.02. The van der Waals surface area contributed by atoms with Crippen molar-refractivity contribution in [3.05, 3.63) is 23.2 Å². The standard InChI is InChI=1S/C11H17NO5S/c1-3-18(15,16)5-4-12-7-9-6-10(11(13)14)8(2)17-9/h6,12H,3-5,7H2,1-2H3,(H,13,14). The van der Waals surface area contributed by atoms with Crippen LogP contribution in [-0.2, 0) is 16.4 Å². The fourth-order valence-corrected chi connectivity index (χ4v) is 2.17. The smallest absolute Gasteiger partial charge is 0.339 e. The Morgan fingerprint density at radius 1 is 1.50 bits per heavy atom. The summed E-state index contributed by atoms with van der Waals surface area (Å²) in [7, 11) is -2.98. The lowest BCUT2D eigenvalue weighted by Crippen LogP contribution is -2.23. The Kier molecular flexibility index (Phi) is 4.92. The highest BCUT2D eigenvalue weighted by Gasteiger charge is 2.13. The quantitative estimate of drug-likeness (QED) is 0.715. The molecule has 7 heteroatoms. The van der Waals surface area contributed by atoms with Crippen molar-refractivity contribution >= 4 is 15.8 Å². The van der Waals surface area contributed by atoms with Crippen LogP contribution in [0, 0.1) is 6.92 Å². The normalized spacial score (nSPS) is 11.7. The van der Waals surface area contributed by atoms with E-state index in [0.29, 0.717) is 24.6 Å². The lowest BCUT2D eigenvalue weighted by atomic mass is 10.2.